The molecule has 0 N–H and O–H groups in total. The van der Waals surface area contributed by atoms with E-state index in [2.05, 4.69) is 0 Å². The van der Waals surface area contributed by atoms with Gasteiger partial charge in [-0.05, 0) is 23.8 Å². The summed E-state index contributed by atoms with van der Waals surface area (Å²) in [6.07, 6.45) is 3.23. The fraction of sp³-hybridized carbons (Fsp3) is 0.111. The van der Waals surface area contributed by atoms with E-state index < -0.39 is 0 Å². The SMILES string of the molecule is COc1cc(/C=C/C(=O)c2ccccc2)ccc1OCC#N. The molecule has 22 heavy (non-hydrogen) atoms. The first-order valence-electron chi connectivity index (χ1n) is 6.70. The molecule has 0 aliphatic carbocycles. The lowest BCUT2D eigenvalue weighted by molar-refractivity contribution is 0.104. The minimum Gasteiger partial charge on any atom is -0.493 e. The van der Waals surface area contributed by atoms with Crippen molar-refractivity contribution in [2.45, 2.75) is 0 Å². The Labute approximate surface area is 129 Å². The van der Waals surface area contributed by atoms with Crippen molar-refractivity contribution < 1.29 is 14.3 Å². The number of benzene rings is 2. The number of hydrogen-bond donors (Lipinski definition) is 0. The van der Waals surface area contributed by atoms with E-state index in [0.29, 0.717) is 17.1 Å². The van der Waals surface area contributed by atoms with Gasteiger partial charge >= 0.3 is 0 Å². The summed E-state index contributed by atoms with van der Waals surface area (Å²) in [4.78, 5) is 12.0. The van der Waals surface area contributed by atoms with E-state index in [9.17, 15) is 4.79 Å². The van der Waals surface area contributed by atoms with Crippen LogP contribution in [0.15, 0.2) is 54.6 Å². The third-order valence-electron chi connectivity index (χ3n) is 2.97. The number of carbonyl (C=O) groups excluding carboxylic acids is 1. The first kappa shape index (κ1) is 15.3. The van der Waals surface area contributed by atoms with Gasteiger partial charge in [0.15, 0.2) is 23.9 Å². The first-order valence-corrected chi connectivity index (χ1v) is 6.70. The number of allylic oxidation sites excluding steroid dienone is 1. The predicted molar refractivity (Wildman–Crippen MR) is 83.9 cm³/mol. The molecule has 0 unspecified atom stereocenters. The highest BCUT2D eigenvalue weighted by atomic mass is 16.5. The second-order valence-electron chi connectivity index (χ2n) is 4.42. The van der Waals surface area contributed by atoms with Gasteiger partial charge in [-0.2, -0.15) is 5.26 Å². The highest BCUT2D eigenvalue weighted by Gasteiger charge is 2.05. The van der Waals surface area contributed by atoms with E-state index in [1.165, 1.54) is 13.2 Å². The molecule has 0 radical (unpaired) electrons. The molecule has 0 saturated carbocycles. The Morgan fingerprint density at radius 2 is 1.95 bits per heavy atom. The van der Waals surface area contributed by atoms with Crippen LogP contribution in [-0.4, -0.2) is 19.5 Å². The largest absolute Gasteiger partial charge is 0.493 e. The van der Waals surface area contributed by atoms with Gasteiger partial charge in [0.1, 0.15) is 6.07 Å². The Bertz CT molecular complexity index is 715. The van der Waals surface area contributed by atoms with E-state index >= 15 is 0 Å². The van der Waals surface area contributed by atoms with E-state index in [-0.39, 0.29) is 12.4 Å². The van der Waals surface area contributed by atoms with Gasteiger partial charge in [0.05, 0.1) is 7.11 Å². The van der Waals surface area contributed by atoms with Crippen molar-refractivity contribution >= 4 is 11.9 Å². The molecule has 110 valence electrons. The summed E-state index contributed by atoms with van der Waals surface area (Å²) in [5.41, 5.74) is 1.45. The number of rotatable bonds is 6. The van der Waals surface area contributed by atoms with Crippen molar-refractivity contribution in [2.75, 3.05) is 13.7 Å². The van der Waals surface area contributed by atoms with Gasteiger partial charge in [-0.25, -0.2) is 0 Å². The van der Waals surface area contributed by atoms with Crippen LogP contribution in [0.2, 0.25) is 0 Å². The Kier molecular flexibility index (Phi) is 5.33. The number of hydrogen-bond acceptors (Lipinski definition) is 4. The number of methoxy groups -OCH3 is 1. The molecule has 0 saturated heterocycles. The average Bonchev–Trinajstić information content (AvgIpc) is 2.58. The van der Waals surface area contributed by atoms with Crippen molar-refractivity contribution in [3.8, 4) is 17.6 Å². The second-order valence-corrected chi connectivity index (χ2v) is 4.42. The van der Waals surface area contributed by atoms with Crippen LogP contribution >= 0.6 is 0 Å². The Hall–Kier alpha value is -3.06. The number of ether oxygens (including phenoxy) is 2. The molecular weight excluding hydrogens is 278 g/mol. The van der Waals surface area contributed by atoms with Crippen LogP contribution in [0, 0.1) is 11.3 Å². The molecule has 0 heterocycles. The summed E-state index contributed by atoms with van der Waals surface area (Å²) in [7, 11) is 1.52. The monoisotopic (exact) mass is 293 g/mol. The van der Waals surface area contributed by atoms with E-state index in [4.69, 9.17) is 14.7 Å². The van der Waals surface area contributed by atoms with Crippen LogP contribution in [0.4, 0.5) is 0 Å². The zero-order chi connectivity index (χ0) is 15.8. The minimum absolute atomic E-state index is 0.0436. The topological polar surface area (TPSA) is 59.3 Å². The number of carbonyl (C=O) groups is 1. The van der Waals surface area contributed by atoms with Crippen molar-refractivity contribution in [1.29, 1.82) is 5.26 Å². The number of nitriles is 1. The highest BCUT2D eigenvalue weighted by molar-refractivity contribution is 6.06. The average molecular weight is 293 g/mol. The summed E-state index contributed by atoms with van der Waals surface area (Å²) in [5, 5.41) is 8.53. The Balaban J connectivity index is 2.14. The molecular formula is C18H15NO3. The molecule has 0 aliphatic heterocycles. The standard InChI is InChI=1S/C18H15NO3/c1-21-18-13-14(8-10-17(18)22-12-11-19)7-9-16(20)15-5-3-2-4-6-15/h2-10,13H,12H2,1H3/b9-7+. The van der Waals surface area contributed by atoms with Crippen molar-refractivity contribution in [2.24, 2.45) is 0 Å². The molecule has 0 bridgehead atoms. The summed E-state index contributed by atoms with van der Waals surface area (Å²) in [6.45, 7) is -0.0436. The quantitative estimate of drug-likeness (QED) is 0.604. The van der Waals surface area contributed by atoms with Crippen molar-refractivity contribution in [3.63, 3.8) is 0 Å². The zero-order valence-corrected chi connectivity index (χ0v) is 12.2. The summed E-state index contributed by atoms with van der Waals surface area (Å²) in [5.74, 6) is 0.949. The molecule has 2 aromatic rings. The maximum absolute atomic E-state index is 12.0. The second kappa shape index (κ2) is 7.65. The van der Waals surface area contributed by atoms with E-state index in [0.717, 1.165) is 5.56 Å². The normalized spacial score (nSPS) is 10.2. The van der Waals surface area contributed by atoms with Crippen LogP contribution in [-0.2, 0) is 0 Å². The van der Waals surface area contributed by atoms with Gasteiger partial charge in [-0.3, -0.25) is 4.79 Å². The van der Waals surface area contributed by atoms with Gasteiger partial charge in [-0.1, -0.05) is 42.5 Å². The van der Waals surface area contributed by atoms with Crippen molar-refractivity contribution in [3.05, 3.63) is 65.7 Å². The van der Waals surface area contributed by atoms with Crippen LogP contribution in [0.3, 0.4) is 0 Å². The van der Waals surface area contributed by atoms with Gasteiger partial charge in [-0.15, -0.1) is 0 Å². The molecule has 0 atom stereocenters. The van der Waals surface area contributed by atoms with Crippen molar-refractivity contribution in [1.82, 2.24) is 0 Å². The van der Waals surface area contributed by atoms with Gasteiger partial charge < -0.3 is 9.47 Å². The van der Waals surface area contributed by atoms with Gasteiger partial charge in [0.2, 0.25) is 0 Å². The first-order chi connectivity index (χ1) is 10.7. The number of nitrogens with zero attached hydrogens (tertiary/aromatic N) is 1. The lowest BCUT2D eigenvalue weighted by Crippen LogP contribution is -1.97. The fourth-order valence-electron chi connectivity index (χ4n) is 1.89. The molecule has 4 nitrogen and oxygen atoms in total. The smallest absolute Gasteiger partial charge is 0.185 e. The fourth-order valence-corrected chi connectivity index (χ4v) is 1.89. The summed E-state index contributed by atoms with van der Waals surface area (Å²) < 4.78 is 10.5. The van der Waals surface area contributed by atoms with Crippen LogP contribution in [0.25, 0.3) is 6.08 Å². The minimum atomic E-state index is -0.0654. The third kappa shape index (κ3) is 3.97. The Morgan fingerprint density at radius 1 is 1.18 bits per heavy atom. The molecule has 0 aromatic heterocycles. The molecule has 0 fully saturated rings. The molecule has 4 heteroatoms. The molecule has 0 aliphatic rings. The van der Waals surface area contributed by atoms with Gasteiger partial charge in [0.25, 0.3) is 0 Å². The number of ketones is 1. The maximum Gasteiger partial charge on any atom is 0.185 e. The summed E-state index contributed by atoms with van der Waals surface area (Å²) in [6, 6.07) is 16.2. The maximum atomic E-state index is 12.0. The van der Waals surface area contributed by atoms with Crippen LogP contribution in [0.1, 0.15) is 15.9 Å². The van der Waals surface area contributed by atoms with Crippen LogP contribution in [0.5, 0.6) is 11.5 Å². The summed E-state index contributed by atoms with van der Waals surface area (Å²) >= 11 is 0. The predicted octanol–water partition coefficient (Wildman–Crippen LogP) is 3.49. The molecule has 2 aromatic carbocycles. The zero-order valence-electron chi connectivity index (χ0n) is 12.2. The Morgan fingerprint density at radius 3 is 2.64 bits per heavy atom. The highest BCUT2D eigenvalue weighted by Crippen LogP contribution is 2.28. The lowest BCUT2D eigenvalue weighted by atomic mass is 10.1. The van der Waals surface area contributed by atoms with Gasteiger partial charge in [0, 0.05) is 5.56 Å². The molecule has 2 rings (SSSR count). The molecule has 0 amide bonds. The third-order valence-corrected chi connectivity index (χ3v) is 2.97. The lowest BCUT2D eigenvalue weighted by Gasteiger charge is -2.08. The molecule has 0 spiro atoms. The van der Waals surface area contributed by atoms with E-state index in [1.807, 2.05) is 24.3 Å². The van der Waals surface area contributed by atoms with Crippen LogP contribution < -0.4 is 9.47 Å². The van der Waals surface area contributed by atoms with E-state index in [1.54, 1.807) is 36.4 Å².